The number of aromatic nitrogens is 5. The molecule has 1 atom stereocenters. The highest BCUT2D eigenvalue weighted by Gasteiger charge is 2.17. The van der Waals surface area contributed by atoms with Gasteiger partial charge >= 0.3 is 0 Å². The lowest BCUT2D eigenvalue weighted by atomic mass is 10.2. The summed E-state index contributed by atoms with van der Waals surface area (Å²) in [7, 11) is 0. The summed E-state index contributed by atoms with van der Waals surface area (Å²) in [5.41, 5.74) is 0.522. The molecule has 0 unspecified atom stereocenters. The molecule has 0 radical (unpaired) electrons. The van der Waals surface area contributed by atoms with Gasteiger partial charge in [-0.05, 0) is 35.5 Å². The Morgan fingerprint density at radius 2 is 2.19 bits per heavy atom. The summed E-state index contributed by atoms with van der Waals surface area (Å²) in [6.07, 6.45) is 2.80. The van der Waals surface area contributed by atoms with E-state index in [0.29, 0.717) is 11.6 Å². The van der Waals surface area contributed by atoms with Crippen LogP contribution in [0, 0.1) is 11.6 Å². The summed E-state index contributed by atoms with van der Waals surface area (Å²) < 4.78 is 33.5. The van der Waals surface area contributed by atoms with Gasteiger partial charge in [-0.3, -0.25) is 4.79 Å². The first-order chi connectivity index (χ1) is 12.5. The zero-order chi connectivity index (χ0) is 18.5. The van der Waals surface area contributed by atoms with Crippen molar-refractivity contribution in [1.29, 1.82) is 0 Å². The average molecular weight is 360 g/mol. The number of rotatable bonds is 6. The highest BCUT2D eigenvalue weighted by atomic mass is 19.1. The minimum absolute atomic E-state index is 0.0945. The van der Waals surface area contributed by atoms with Crippen LogP contribution in [0.5, 0.6) is 11.6 Å². The van der Waals surface area contributed by atoms with Crippen molar-refractivity contribution in [2.45, 2.75) is 19.5 Å². The number of pyridine rings is 1. The molecule has 0 aliphatic carbocycles. The van der Waals surface area contributed by atoms with Crippen LogP contribution >= 0.6 is 0 Å². The van der Waals surface area contributed by atoms with E-state index < -0.39 is 17.7 Å². The van der Waals surface area contributed by atoms with Crippen molar-refractivity contribution in [3.8, 4) is 11.6 Å². The number of amides is 1. The Kier molecular flexibility index (Phi) is 5.11. The summed E-state index contributed by atoms with van der Waals surface area (Å²) in [6.45, 7) is 1.73. The van der Waals surface area contributed by atoms with Crippen molar-refractivity contribution < 1.29 is 18.3 Å². The SMILES string of the molecule is C[C@@H](C(=O)NCc1cccnc1Oc1ccc(F)cc1F)n1cnnn1. The number of hydrogen-bond donors (Lipinski definition) is 1. The Hall–Kier alpha value is -3.43. The van der Waals surface area contributed by atoms with Crippen LogP contribution in [0.25, 0.3) is 0 Å². The molecule has 0 bridgehead atoms. The summed E-state index contributed by atoms with van der Waals surface area (Å²) in [5.74, 6) is -1.94. The molecule has 1 aromatic carbocycles. The lowest BCUT2D eigenvalue weighted by Crippen LogP contribution is -2.31. The molecule has 0 saturated carbocycles. The molecule has 0 spiro atoms. The highest BCUT2D eigenvalue weighted by molar-refractivity contribution is 5.79. The Morgan fingerprint density at radius 1 is 1.35 bits per heavy atom. The standard InChI is InChI=1S/C16H14F2N6O2/c1-10(24-9-21-22-23-24)15(25)20-8-11-3-2-6-19-16(11)26-14-5-4-12(17)7-13(14)18/h2-7,9-10H,8H2,1H3,(H,20,25)/t10-/m0/s1. The number of benzene rings is 1. The topological polar surface area (TPSA) is 94.8 Å². The normalized spacial score (nSPS) is 11.8. The van der Waals surface area contributed by atoms with Crippen molar-refractivity contribution in [3.63, 3.8) is 0 Å². The molecular weight excluding hydrogens is 346 g/mol. The molecule has 2 heterocycles. The van der Waals surface area contributed by atoms with Gasteiger partial charge in [0, 0.05) is 24.4 Å². The van der Waals surface area contributed by atoms with Crippen LogP contribution in [0.2, 0.25) is 0 Å². The molecule has 26 heavy (non-hydrogen) atoms. The van der Waals surface area contributed by atoms with Crippen LogP contribution in [-0.2, 0) is 11.3 Å². The van der Waals surface area contributed by atoms with Crippen molar-refractivity contribution in [3.05, 3.63) is 60.1 Å². The Bertz CT molecular complexity index is 904. The first-order valence-corrected chi connectivity index (χ1v) is 7.61. The van der Waals surface area contributed by atoms with E-state index in [1.54, 1.807) is 19.1 Å². The van der Waals surface area contributed by atoms with E-state index in [2.05, 4.69) is 25.8 Å². The number of nitrogens with zero attached hydrogens (tertiary/aromatic N) is 5. The maximum absolute atomic E-state index is 13.8. The second-order valence-corrected chi connectivity index (χ2v) is 5.33. The van der Waals surface area contributed by atoms with Crippen molar-refractivity contribution in [2.75, 3.05) is 0 Å². The van der Waals surface area contributed by atoms with Crippen LogP contribution in [0.4, 0.5) is 8.78 Å². The fourth-order valence-corrected chi connectivity index (χ4v) is 2.11. The largest absolute Gasteiger partial charge is 0.436 e. The molecule has 1 N–H and O–H groups in total. The Balaban J connectivity index is 1.70. The van der Waals surface area contributed by atoms with Crippen molar-refractivity contribution in [2.24, 2.45) is 0 Å². The van der Waals surface area contributed by atoms with Crippen LogP contribution in [0.1, 0.15) is 18.5 Å². The molecule has 10 heteroatoms. The first kappa shape index (κ1) is 17.4. The maximum Gasteiger partial charge on any atom is 0.244 e. The van der Waals surface area contributed by atoms with E-state index >= 15 is 0 Å². The predicted octanol–water partition coefficient (Wildman–Crippen LogP) is 2.02. The minimum atomic E-state index is -0.849. The molecule has 0 fully saturated rings. The third-order valence-corrected chi connectivity index (χ3v) is 3.54. The average Bonchev–Trinajstić information content (AvgIpc) is 3.17. The zero-order valence-electron chi connectivity index (χ0n) is 13.6. The van der Waals surface area contributed by atoms with Gasteiger partial charge < -0.3 is 10.1 Å². The van der Waals surface area contributed by atoms with Gasteiger partial charge in [-0.15, -0.1) is 5.10 Å². The summed E-state index contributed by atoms with van der Waals surface area (Å²) in [6, 6.07) is 5.68. The van der Waals surface area contributed by atoms with Crippen LogP contribution < -0.4 is 10.1 Å². The third-order valence-electron chi connectivity index (χ3n) is 3.54. The second kappa shape index (κ2) is 7.64. The molecule has 3 aromatic rings. The molecule has 8 nitrogen and oxygen atoms in total. The maximum atomic E-state index is 13.8. The lowest BCUT2D eigenvalue weighted by Gasteiger charge is -2.13. The third kappa shape index (κ3) is 3.97. The molecule has 2 aromatic heterocycles. The van der Waals surface area contributed by atoms with E-state index in [4.69, 9.17) is 4.74 Å². The minimum Gasteiger partial charge on any atom is -0.436 e. The molecule has 0 aliphatic heterocycles. The summed E-state index contributed by atoms with van der Waals surface area (Å²) >= 11 is 0. The summed E-state index contributed by atoms with van der Waals surface area (Å²) in [4.78, 5) is 16.2. The Morgan fingerprint density at radius 3 is 2.92 bits per heavy atom. The van der Waals surface area contributed by atoms with E-state index in [-0.39, 0.29) is 24.1 Å². The van der Waals surface area contributed by atoms with Crippen LogP contribution in [0.3, 0.4) is 0 Å². The van der Waals surface area contributed by atoms with Crippen molar-refractivity contribution >= 4 is 5.91 Å². The number of nitrogens with one attached hydrogen (secondary N) is 1. The van der Waals surface area contributed by atoms with Crippen LogP contribution in [0.15, 0.2) is 42.9 Å². The lowest BCUT2D eigenvalue weighted by molar-refractivity contribution is -0.124. The van der Waals surface area contributed by atoms with Gasteiger partial charge in [0.2, 0.25) is 11.8 Å². The smallest absolute Gasteiger partial charge is 0.244 e. The second-order valence-electron chi connectivity index (χ2n) is 5.33. The fourth-order valence-electron chi connectivity index (χ4n) is 2.11. The van der Waals surface area contributed by atoms with Gasteiger partial charge in [0.15, 0.2) is 11.6 Å². The van der Waals surface area contributed by atoms with Gasteiger partial charge in [0.1, 0.15) is 18.2 Å². The number of carbonyl (C=O) groups excluding carboxylic acids is 1. The zero-order valence-corrected chi connectivity index (χ0v) is 13.6. The number of halogens is 2. The number of ether oxygens (including phenoxy) is 1. The van der Waals surface area contributed by atoms with E-state index in [1.807, 2.05) is 0 Å². The quantitative estimate of drug-likeness (QED) is 0.723. The molecular formula is C16H14F2N6O2. The highest BCUT2D eigenvalue weighted by Crippen LogP contribution is 2.26. The predicted molar refractivity (Wildman–Crippen MR) is 85.0 cm³/mol. The van der Waals surface area contributed by atoms with Gasteiger partial charge in [-0.1, -0.05) is 6.07 Å². The molecule has 0 aliphatic rings. The van der Waals surface area contributed by atoms with E-state index in [1.165, 1.54) is 23.3 Å². The van der Waals surface area contributed by atoms with Gasteiger partial charge in [-0.25, -0.2) is 18.4 Å². The monoisotopic (exact) mass is 360 g/mol. The molecule has 1 amide bonds. The van der Waals surface area contributed by atoms with E-state index in [9.17, 15) is 13.6 Å². The number of carbonyl (C=O) groups is 1. The molecule has 134 valence electrons. The van der Waals surface area contributed by atoms with Gasteiger partial charge in [-0.2, -0.15) is 0 Å². The summed E-state index contributed by atoms with van der Waals surface area (Å²) in [5, 5.41) is 13.3. The van der Waals surface area contributed by atoms with Gasteiger partial charge in [0.25, 0.3) is 0 Å². The number of hydrogen-bond acceptors (Lipinski definition) is 6. The number of tetrazole rings is 1. The van der Waals surface area contributed by atoms with E-state index in [0.717, 1.165) is 6.07 Å². The molecule has 0 saturated heterocycles. The Labute approximate surface area is 146 Å². The van der Waals surface area contributed by atoms with Crippen LogP contribution in [-0.4, -0.2) is 31.1 Å². The fraction of sp³-hybridized carbons (Fsp3) is 0.188. The molecule has 3 rings (SSSR count). The van der Waals surface area contributed by atoms with Crippen molar-refractivity contribution in [1.82, 2.24) is 30.5 Å². The first-order valence-electron chi connectivity index (χ1n) is 7.61. The van der Waals surface area contributed by atoms with Gasteiger partial charge in [0.05, 0.1) is 0 Å².